The Bertz CT molecular complexity index is 1060. The van der Waals surface area contributed by atoms with Crippen LogP contribution in [0, 0.1) is 0 Å². The van der Waals surface area contributed by atoms with E-state index in [4.69, 9.17) is 5.73 Å². The Morgan fingerprint density at radius 2 is 1.00 bits per heavy atom. The molecule has 0 heterocycles. The summed E-state index contributed by atoms with van der Waals surface area (Å²) in [6.07, 6.45) is 5.46. The van der Waals surface area contributed by atoms with E-state index in [0.717, 1.165) is 11.1 Å². The van der Waals surface area contributed by atoms with Crippen LogP contribution in [0.4, 0.5) is 0 Å². The smallest absolute Gasteiger partial charge is 0.285 e. The molecule has 0 bridgehead atoms. The molecule has 6 nitrogen and oxygen atoms in total. The zero-order valence-corrected chi connectivity index (χ0v) is 20.0. The molecule has 0 aromatic heterocycles. The van der Waals surface area contributed by atoms with Gasteiger partial charge in [-0.2, -0.15) is 5.43 Å². The summed E-state index contributed by atoms with van der Waals surface area (Å²) >= 11 is 0. The number of hydrazone groups is 3. The van der Waals surface area contributed by atoms with Gasteiger partial charge in [-0.05, 0) is 21.5 Å². The van der Waals surface area contributed by atoms with Gasteiger partial charge >= 0.3 is 5.96 Å². The number of hydrogen-bond donors (Lipinski definition) is 2. The molecular formula is C28H33N6+. The van der Waals surface area contributed by atoms with Crippen molar-refractivity contribution in [1.29, 1.82) is 0 Å². The zero-order chi connectivity index (χ0) is 24.2. The summed E-state index contributed by atoms with van der Waals surface area (Å²) in [6.45, 7) is 6.24. The second kappa shape index (κ2) is 12.8. The summed E-state index contributed by atoms with van der Waals surface area (Å²) in [5, 5.41) is 13.4. The van der Waals surface area contributed by atoms with E-state index in [0.29, 0.717) is 0 Å². The van der Waals surface area contributed by atoms with E-state index in [9.17, 15) is 0 Å². The van der Waals surface area contributed by atoms with Crippen LogP contribution in [0.5, 0.6) is 0 Å². The minimum Gasteiger partial charge on any atom is -0.285 e. The lowest BCUT2D eigenvalue weighted by atomic mass is 10.0. The Morgan fingerprint density at radius 1 is 0.647 bits per heavy atom. The first-order chi connectivity index (χ1) is 16.5. The van der Waals surface area contributed by atoms with Crippen molar-refractivity contribution in [1.82, 2.24) is 5.43 Å². The van der Waals surface area contributed by atoms with Crippen molar-refractivity contribution < 1.29 is 4.79 Å². The maximum absolute atomic E-state index is 6.28. The fourth-order valence-corrected chi connectivity index (χ4v) is 3.27. The quantitative estimate of drug-likeness (QED) is 0.200. The van der Waals surface area contributed by atoms with Crippen LogP contribution in [0.25, 0.3) is 0 Å². The number of benzene rings is 3. The molecule has 3 rings (SSSR count). The lowest BCUT2D eigenvalue weighted by Crippen LogP contribution is -2.34. The molecular weight excluding hydrogens is 420 g/mol. The number of rotatable bonds is 9. The maximum Gasteiger partial charge on any atom is 0.416 e. The van der Waals surface area contributed by atoms with Gasteiger partial charge in [0.05, 0.1) is 0 Å². The summed E-state index contributed by atoms with van der Waals surface area (Å²) in [7, 11) is 0. The molecule has 3 atom stereocenters. The van der Waals surface area contributed by atoms with Gasteiger partial charge in [-0.3, -0.25) is 5.73 Å². The van der Waals surface area contributed by atoms with Crippen molar-refractivity contribution in [3.63, 3.8) is 0 Å². The van der Waals surface area contributed by atoms with Crippen molar-refractivity contribution >= 4 is 24.6 Å². The van der Waals surface area contributed by atoms with E-state index in [-0.39, 0.29) is 23.7 Å². The molecule has 0 amide bonds. The van der Waals surface area contributed by atoms with Crippen LogP contribution in [0.1, 0.15) is 55.2 Å². The van der Waals surface area contributed by atoms with Crippen molar-refractivity contribution in [2.24, 2.45) is 21.0 Å². The van der Waals surface area contributed by atoms with Crippen LogP contribution in [0.2, 0.25) is 0 Å². The second-order valence-corrected chi connectivity index (χ2v) is 8.19. The Kier molecular flexibility index (Phi) is 9.29. The molecule has 3 aromatic carbocycles. The molecule has 3 aromatic rings. The topological polar surface area (TPSA) is 78.1 Å². The maximum atomic E-state index is 6.28. The molecule has 0 aliphatic heterocycles. The fourth-order valence-electron chi connectivity index (χ4n) is 3.27. The van der Waals surface area contributed by atoms with Crippen molar-refractivity contribution in [2.45, 2.75) is 38.5 Å². The predicted octanol–water partition coefficient (Wildman–Crippen LogP) is 5.27. The molecule has 0 fully saturated rings. The van der Waals surface area contributed by atoms with E-state index in [2.05, 4.69) is 77.9 Å². The molecule has 174 valence electrons. The molecule has 0 saturated heterocycles. The molecule has 0 saturated carbocycles. The fraction of sp³-hybridized carbons (Fsp3) is 0.214. The number of nitrogens with zero attached hydrogens (tertiary/aromatic N) is 4. The van der Waals surface area contributed by atoms with Crippen LogP contribution in [-0.4, -0.2) is 29.4 Å². The second-order valence-electron chi connectivity index (χ2n) is 8.19. The first-order valence-electron chi connectivity index (χ1n) is 11.5. The normalized spacial score (nSPS) is 14.3. The molecule has 3 N–H and O–H groups in total. The highest BCUT2D eigenvalue weighted by molar-refractivity contribution is 5.76. The van der Waals surface area contributed by atoms with Gasteiger partial charge in [-0.25, -0.2) is 0 Å². The number of nitrogens with one attached hydrogen (secondary N) is 1. The molecule has 0 spiro atoms. The van der Waals surface area contributed by atoms with Crippen LogP contribution in [0.3, 0.4) is 0 Å². The van der Waals surface area contributed by atoms with Gasteiger partial charge in [0.15, 0.2) is 0 Å². The average molecular weight is 454 g/mol. The first kappa shape index (κ1) is 24.6. The van der Waals surface area contributed by atoms with Gasteiger partial charge in [0.1, 0.15) is 0 Å². The highest BCUT2D eigenvalue weighted by Gasteiger charge is 2.10. The summed E-state index contributed by atoms with van der Waals surface area (Å²) < 4.78 is 0. The minimum atomic E-state index is 0.0971. The van der Waals surface area contributed by atoms with E-state index in [1.807, 2.05) is 73.2 Å². The number of hydrogen-bond acceptors (Lipinski definition) is 3. The lowest BCUT2D eigenvalue weighted by molar-refractivity contribution is -0.540. The lowest BCUT2D eigenvalue weighted by Gasteiger charge is -2.07. The van der Waals surface area contributed by atoms with Crippen LogP contribution < -0.4 is 11.2 Å². The van der Waals surface area contributed by atoms with E-state index in [1.54, 1.807) is 0 Å². The summed E-state index contributed by atoms with van der Waals surface area (Å²) in [6, 6.07) is 30.5. The van der Waals surface area contributed by atoms with Crippen LogP contribution in [0.15, 0.2) is 106 Å². The van der Waals surface area contributed by atoms with Gasteiger partial charge in [-0.1, -0.05) is 122 Å². The molecule has 0 aliphatic carbocycles. The summed E-state index contributed by atoms with van der Waals surface area (Å²) in [4.78, 5) is 1.38. The molecule has 34 heavy (non-hydrogen) atoms. The van der Waals surface area contributed by atoms with Gasteiger partial charge in [-0.15, -0.1) is 5.10 Å². The summed E-state index contributed by atoms with van der Waals surface area (Å²) in [5.74, 6) is 0.544. The monoisotopic (exact) mass is 453 g/mol. The van der Waals surface area contributed by atoms with Crippen LogP contribution in [-0.2, 0) is 0 Å². The Balaban J connectivity index is 1.78. The predicted molar refractivity (Wildman–Crippen MR) is 143 cm³/mol. The third-order valence-electron chi connectivity index (χ3n) is 5.47. The van der Waals surface area contributed by atoms with Crippen molar-refractivity contribution in [2.75, 3.05) is 0 Å². The third-order valence-corrected chi connectivity index (χ3v) is 5.47. The zero-order valence-electron chi connectivity index (χ0n) is 20.0. The van der Waals surface area contributed by atoms with E-state index in [1.165, 1.54) is 10.4 Å². The average Bonchev–Trinajstić information content (AvgIpc) is 2.89. The third kappa shape index (κ3) is 7.52. The molecule has 3 unspecified atom stereocenters. The van der Waals surface area contributed by atoms with Crippen LogP contribution >= 0.6 is 0 Å². The highest BCUT2D eigenvalue weighted by Crippen LogP contribution is 2.14. The van der Waals surface area contributed by atoms with Crippen molar-refractivity contribution in [3.8, 4) is 0 Å². The van der Waals surface area contributed by atoms with Gasteiger partial charge in [0.25, 0.3) is 0 Å². The molecule has 6 heteroatoms. The Hall–Kier alpha value is -4.06. The summed E-state index contributed by atoms with van der Waals surface area (Å²) in [5.41, 5.74) is 12.7. The Morgan fingerprint density at radius 3 is 1.38 bits per heavy atom. The SMILES string of the molecule is CC(/C=N/NC(N)=[N+](/N=C/C(C)c1ccccc1)/N=C/C(C)c1ccccc1)c1ccccc1. The minimum absolute atomic E-state index is 0.0971. The first-order valence-corrected chi connectivity index (χ1v) is 11.5. The standard InChI is InChI=1S/C28H32N6/c1-22(25-13-7-4-8-14-25)19-30-33-28(29)34(31-20-23(2)26-15-9-5-10-16-26)32-21-24(3)27-17-11-6-12-18-27/h4-24H,1-3H3,(H2,29,33)/p+1/b30-19+,31-20+,32-21+. The van der Waals surface area contributed by atoms with Crippen molar-refractivity contribution in [3.05, 3.63) is 108 Å². The largest absolute Gasteiger partial charge is 0.416 e. The highest BCUT2D eigenvalue weighted by atomic mass is 15.6. The van der Waals surface area contributed by atoms with E-state index >= 15 is 0 Å². The molecule has 0 aliphatic rings. The molecule has 0 radical (unpaired) electrons. The van der Waals surface area contributed by atoms with Gasteiger partial charge < -0.3 is 0 Å². The number of guanidine groups is 1. The van der Waals surface area contributed by atoms with Gasteiger partial charge in [0.2, 0.25) is 0 Å². The van der Waals surface area contributed by atoms with Gasteiger partial charge in [0, 0.05) is 36.4 Å². The number of nitrogens with two attached hydrogens (primary N) is 1. The Labute approximate surface area is 202 Å². The van der Waals surface area contributed by atoms with E-state index < -0.39 is 0 Å².